The van der Waals surface area contributed by atoms with Gasteiger partial charge < -0.3 is 42.6 Å². The van der Waals surface area contributed by atoms with Crippen LogP contribution in [0.25, 0.3) is 11.0 Å². The van der Waals surface area contributed by atoms with Crippen LogP contribution in [0, 0.1) is 11.3 Å². The topological polar surface area (TPSA) is 193 Å². The Morgan fingerprint density at radius 3 is 2.19 bits per heavy atom. The van der Waals surface area contributed by atoms with E-state index in [-0.39, 0.29) is 57.2 Å². The van der Waals surface area contributed by atoms with E-state index >= 15 is 0 Å². The molecule has 17 nitrogen and oxygen atoms in total. The number of aryl methyl sites for hydroxylation is 1. The number of fused-ring (bicyclic) bond motifs is 1. The van der Waals surface area contributed by atoms with Gasteiger partial charge in [0.15, 0.2) is 0 Å². The Morgan fingerprint density at radius 2 is 1.58 bits per heavy atom. The van der Waals surface area contributed by atoms with E-state index in [0.29, 0.717) is 46.8 Å². The molecule has 4 aromatic carbocycles. The van der Waals surface area contributed by atoms with Crippen molar-refractivity contribution in [1.82, 2.24) is 23.8 Å². The van der Waals surface area contributed by atoms with Gasteiger partial charge in [-0.15, -0.1) is 0 Å². The van der Waals surface area contributed by atoms with Gasteiger partial charge in [-0.2, -0.15) is 5.26 Å². The third-order valence-electron chi connectivity index (χ3n) is 12.8. The maximum Gasteiger partial charge on any atom is 0.330 e. The fourth-order valence-electron chi connectivity index (χ4n) is 9.00. The minimum atomic E-state index is -1.69. The molecule has 1 fully saturated rings. The second-order valence-corrected chi connectivity index (χ2v) is 27.0. The number of carbonyl (C=O) groups excluding carboxylic acids is 1. The Morgan fingerprint density at radius 1 is 0.932 bits per heavy atom. The summed E-state index contributed by atoms with van der Waals surface area (Å²) in [5.74, 6) is 1.08. The molecule has 394 valence electrons. The van der Waals surface area contributed by atoms with E-state index in [2.05, 4.69) is 68.4 Å². The lowest BCUT2D eigenvalue weighted by Crippen LogP contribution is -2.39. The number of methoxy groups -OCH3 is 2. The largest absolute Gasteiger partial charge is 0.497 e. The third kappa shape index (κ3) is 13.8. The van der Waals surface area contributed by atoms with Crippen molar-refractivity contribution in [1.29, 1.82) is 5.26 Å². The summed E-state index contributed by atoms with van der Waals surface area (Å²) >= 11 is 0. The second kappa shape index (κ2) is 25.5. The molecule has 1 aliphatic rings. The molecular formula is C55H70N7O10PSi. The molecule has 0 spiro atoms. The molecule has 0 radical (unpaired) electrons. The van der Waals surface area contributed by atoms with Crippen LogP contribution in [0.1, 0.15) is 75.4 Å². The Labute approximate surface area is 435 Å². The van der Waals surface area contributed by atoms with E-state index in [9.17, 15) is 19.6 Å². The molecule has 0 saturated carbocycles. The van der Waals surface area contributed by atoms with Crippen LogP contribution >= 0.6 is 8.53 Å². The maximum atomic E-state index is 13.5. The van der Waals surface area contributed by atoms with Crippen LogP contribution < -0.4 is 26.0 Å². The van der Waals surface area contributed by atoms with Crippen molar-refractivity contribution in [3.8, 4) is 17.6 Å². The summed E-state index contributed by atoms with van der Waals surface area (Å²) in [5, 5.41) is 12.5. The first-order valence-electron chi connectivity index (χ1n) is 25.1. The highest BCUT2D eigenvalue weighted by atomic mass is 31.2. The number of benzene rings is 4. The normalized spacial score (nSPS) is 16.5. The van der Waals surface area contributed by atoms with E-state index in [1.54, 1.807) is 26.6 Å². The number of amides is 1. The lowest BCUT2D eigenvalue weighted by atomic mass is 9.80. The molecule has 1 saturated heterocycles. The van der Waals surface area contributed by atoms with Gasteiger partial charge in [0, 0.05) is 57.1 Å². The molecule has 74 heavy (non-hydrogen) atoms. The van der Waals surface area contributed by atoms with Gasteiger partial charge in [-0.25, -0.2) is 14.4 Å². The van der Waals surface area contributed by atoms with Crippen LogP contribution in [-0.2, 0) is 46.8 Å². The van der Waals surface area contributed by atoms with Crippen LogP contribution in [0.5, 0.6) is 11.5 Å². The standard InChI is InChI=1S/C55H70N7O10PSi/c1-38(2)62(39(3)4)73(70-29-13-28-56)72-49-33-52(71-50(49)35-69-55(41-14-11-10-12-15-41,42-17-22-45(66-5)23-18-42)43-19-24-46(67-6)25-20-43)61-36-57-47-26-21-44(32-48(47)61)58-51(63)27-16-40-34-60(54(65)59-53(40)64)37-68-30-31-74(7,8)9/h10-12,14-15,17-26,32,34,36,38-39,49-50,52H,13,16,27,29-31,33,35,37H2,1-9H3,(H,58,63)(H,59,64,65)/t49-,50+,52+,73?/m0/s1. The van der Waals surface area contributed by atoms with Crippen LogP contribution in [0.2, 0.25) is 25.7 Å². The monoisotopic (exact) mass is 1050 g/mol. The fourth-order valence-corrected chi connectivity index (χ4v) is 11.5. The maximum absolute atomic E-state index is 13.5. The predicted molar refractivity (Wildman–Crippen MR) is 289 cm³/mol. The van der Waals surface area contributed by atoms with Crippen molar-refractivity contribution < 1.29 is 37.5 Å². The second-order valence-electron chi connectivity index (χ2n) is 20.0. The number of nitrogens with one attached hydrogen (secondary N) is 2. The molecule has 1 unspecified atom stereocenters. The van der Waals surface area contributed by atoms with Gasteiger partial charge in [0.1, 0.15) is 36.2 Å². The quantitative estimate of drug-likeness (QED) is 0.0226. The number of carbonyl (C=O) groups is 1. The van der Waals surface area contributed by atoms with E-state index in [4.69, 9.17) is 37.7 Å². The lowest BCUT2D eigenvalue weighted by molar-refractivity contribution is -0.116. The number of anilines is 1. The van der Waals surface area contributed by atoms with Crippen molar-refractivity contribution in [3.63, 3.8) is 0 Å². The lowest BCUT2D eigenvalue weighted by Gasteiger charge is -2.39. The van der Waals surface area contributed by atoms with Crippen LogP contribution in [0.15, 0.2) is 119 Å². The molecule has 2 aromatic heterocycles. The first-order valence-corrected chi connectivity index (χ1v) is 29.9. The molecule has 0 bridgehead atoms. The number of imidazole rings is 1. The summed E-state index contributed by atoms with van der Waals surface area (Å²) in [7, 11) is 0.251. The van der Waals surface area contributed by atoms with Gasteiger partial charge >= 0.3 is 5.69 Å². The van der Waals surface area contributed by atoms with Crippen LogP contribution in [0.4, 0.5) is 5.69 Å². The van der Waals surface area contributed by atoms with Gasteiger partial charge in [-0.3, -0.25) is 19.1 Å². The molecule has 0 aliphatic carbocycles. The van der Waals surface area contributed by atoms with Crippen molar-refractivity contribution >= 4 is 39.2 Å². The summed E-state index contributed by atoms with van der Waals surface area (Å²) in [6.07, 6.45) is 2.05. The Balaban J connectivity index is 1.18. The summed E-state index contributed by atoms with van der Waals surface area (Å²) < 4.78 is 50.4. The van der Waals surface area contributed by atoms with Gasteiger partial charge in [-0.1, -0.05) is 74.2 Å². The molecule has 3 heterocycles. The molecule has 4 atom stereocenters. The highest BCUT2D eigenvalue weighted by Crippen LogP contribution is 2.51. The number of ether oxygens (including phenoxy) is 5. The number of hydrogen-bond acceptors (Lipinski definition) is 13. The van der Waals surface area contributed by atoms with Crippen molar-refractivity contribution in [3.05, 3.63) is 153 Å². The fraction of sp³-hybridized carbons (Fsp3) is 0.436. The molecular weight excluding hydrogens is 978 g/mol. The Bertz CT molecular complexity index is 2880. The zero-order valence-corrected chi connectivity index (χ0v) is 45.8. The van der Waals surface area contributed by atoms with Gasteiger partial charge in [-0.05, 0) is 99.3 Å². The SMILES string of the molecule is COc1ccc(C(OC[C@H]2O[C@@H](n3cnc4ccc(NC(=O)CCc5cn(COCC[Si](C)(C)C)c(=O)[nH]c5=O)cc43)C[C@@H]2OP(OCCC#N)N(C(C)C)C(C)C)(c2ccccc2)c2ccc(OC)cc2)cc1. The zero-order valence-electron chi connectivity index (χ0n) is 43.9. The number of H-pyrrole nitrogens is 1. The van der Waals surface area contributed by atoms with E-state index in [1.807, 2.05) is 95.6 Å². The number of nitriles is 1. The molecule has 1 amide bonds. The smallest absolute Gasteiger partial charge is 0.330 e. The van der Waals surface area contributed by atoms with Gasteiger partial charge in [0.05, 0.1) is 63.4 Å². The first kappa shape index (κ1) is 55.7. The minimum absolute atomic E-state index is 0.00609. The number of rotatable bonds is 26. The predicted octanol–water partition coefficient (Wildman–Crippen LogP) is 9.74. The van der Waals surface area contributed by atoms with Crippen LogP contribution in [-0.4, -0.2) is 96.1 Å². The summed E-state index contributed by atoms with van der Waals surface area (Å²) in [6, 6.07) is 34.5. The minimum Gasteiger partial charge on any atom is -0.497 e. The molecule has 6 aromatic rings. The summed E-state index contributed by atoms with van der Waals surface area (Å²) in [5.41, 5.74) is 2.57. The van der Waals surface area contributed by atoms with E-state index < -0.39 is 51.9 Å². The summed E-state index contributed by atoms with van der Waals surface area (Å²) in [6.45, 7) is 15.9. The number of aromatic nitrogens is 4. The number of hydrogen-bond donors (Lipinski definition) is 2. The number of aromatic amines is 1. The average Bonchev–Trinajstić information content (AvgIpc) is 3.99. The summed E-state index contributed by atoms with van der Waals surface area (Å²) in [4.78, 5) is 45.9. The zero-order chi connectivity index (χ0) is 53.0. The molecule has 1 aliphatic heterocycles. The third-order valence-corrected chi connectivity index (χ3v) is 16.7. The Kier molecular flexibility index (Phi) is 19.2. The van der Waals surface area contributed by atoms with Crippen molar-refractivity contribution in [2.24, 2.45) is 0 Å². The van der Waals surface area contributed by atoms with Crippen molar-refractivity contribution in [2.45, 2.75) is 122 Å². The van der Waals surface area contributed by atoms with E-state index in [1.165, 1.54) is 10.8 Å². The van der Waals surface area contributed by atoms with E-state index in [0.717, 1.165) is 22.7 Å². The molecule has 7 rings (SSSR count). The van der Waals surface area contributed by atoms with Gasteiger partial charge in [0.25, 0.3) is 14.1 Å². The highest BCUT2D eigenvalue weighted by Gasteiger charge is 2.45. The molecule has 19 heteroatoms. The first-order chi connectivity index (χ1) is 35.5. The Hall–Kier alpha value is -6.00. The average molecular weight is 1050 g/mol. The van der Waals surface area contributed by atoms with Crippen LogP contribution in [0.3, 0.4) is 0 Å². The van der Waals surface area contributed by atoms with Crippen molar-refractivity contribution in [2.75, 3.05) is 39.4 Å². The molecule has 2 N–H and O–H groups in total. The van der Waals surface area contributed by atoms with Gasteiger partial charge in [0.2, 0.25) is 5.91 Å². The number of nitrogens with zero attached hydrogens (tertiary/aromatic N) is 5. The highest BCUT2D eigenvalue weighted by molar-refractivity contribution is 7.44.